The molecule has 0 fully saturated rings. The molecule has 5 aromatic rings. The molecule has 3 aromatic carbocycles. The SMILES string of the molecule is OB(O)c1cccc(-c2nc(-c3ccccc3)c3sc4ccccc4c3n2)c1. The average molecular weight is 382 g/mol. The summed E-state index contributed by atoms with van der Waals surface area (Å²) < 4.78 is 2.22. The number of fused-ring (bicyclic) bond motifs is 3. The minimum atomic E-state index is -1.53. The van der Waals surface area contributed by atoms with Crippen molar-refractivity contribution in [3.05, 3.63) is 78.9 Å². The molecule has 0 aliphatic heterocycles. The molecule has 6 heteroatoms. The summed E-state index contributed by atoms with van der Waals surface area (Å²) in [6.45, 7) is 0. The molecule has 0 amide bonds. The molecule has 2 heterocycles. The van der Waals surface area contributed by atoms with E-state index in [-0.39, 0.29) is 0 Å². The molecule has 2 N–H and O–H groups in total. The summed E-state index contributed by atoms with van der Waals surface area (Å²) in [5.41, 5.74) is 4.00. The molecule has 0 unspecified atom stereocenters. The van der Waals surface area contributed by atoms with Crippen molar-refractivity contribution in [3.63, 3.8) is 0 Å². The van der Waals surface area contributed by atoms with Gasteiger partial charge in [0, 0.05) is 21.2 Å². The van der Waals surface area contributed by atoms with Crippen molar-refractivity contribution in [1.29, 1.82) is 0 Å². The van der Waals surface area contributed by atoms with E-state index in [1.165, 1.54) is 4.70 Å². The van der Waals surface area contributed by atoms with Gasteiger partial charge >= 0.3 is 7.12 Å². The quantitative estimate of drug-likeness (QED) is 0.465. The molecule has 0 saturated carbocycles. The van der Waals surface area contributed by atoms with E-state index >= 15 is 0 Å². The zero-order chi connectivity index (χ0) is 19.1. The predicted molar refractivity (Wildman–Crippen MR) is 116 cm³/mol. The number of nitrogens with zero attached hydrogens (tertiary/aromatic N) is 2. The molecule has 0 aliphatic rings. The van der Waals surface area contributed by atoms with E-state index in [0.29, 0.717) is 11.3 Å². The van der Waals surface area contributed by atoms with Crippen molar-refractivity contribution in [1.82, 2.24) is 9.97 Å². The summed E-state index contributed by atoms with van der Waals surface area (Å²) in [6.07, 6.45) is 0. The molecule has 5 rings (SSSR count). The molecule has 4 nitrogen and oxygen atoms in total. The van der Waals surface area contributed by atoms with E-state index in [1.54, 1.807) is 29.5 Å². The molecule has 28 heavy (non-hydrogen) atoms. The highest BCUT2D eigenvalue weighted by molar-refractivity contribution is 7.26. The molecule has 0 radical (unpaired) electrons. The summed E-state index contributed by atoms with van der Waals surface area (Å²) >= 11 is 1.69. The van der Waals surface area contributed by atoms with Gasteiger partial charge in [0.2, 0.25) is 0 Å². The van der Waals surface area contributed by atoms with Crippen molar-refractivity contribution < 1.29 is 10.0 Å². The molecule has 0 bridgehead atoms. The third-order valence-electron chi connectivity index (χ3n) is 4.71. The van der Waals surface area contributed by atoms with Gasteiger partial charge in [-0.15, -0.1) is 11.3 Å². The van der Waals surface area contributed by atoms with E-state index < -0.39 is 7.12 Å². The molecule has 0 spiro atoms. The Morgan fingerprint density at radius 1 is 0.750 bits per heavy atom. The summed E-state index contributed by atoms with van der Waals surface area (Å²) in [6, 6.07) is 25.3. The van der Waals surface area contributed by atoms with Crippen molar-refractivity contribution in [2.75, 3.05) is 0 Å². The molecule has 0 saturated heterocycles. The van der Waals surface area contributed by atoms with Gasteiger partial charge in [0.1, 0.15) is 0 Å². The first-order chi connectivity index (χ1) is 13.7. The number of benzene rings is 3. The van der Waals surface area contributed by atoms with Gasteiger partial charge in [0.05, 0.1) is 15.9 Å². The molecule has 0 atom stereocenters. The van der Waals surface area contributed by atoms with Gasteiger partial charge in [-0.2, -0.15) is 0 Å². The number of hydrogen-bond donors (Lipinski definition) is 2. The second kappa shape index (κ2) is 6.84. The van der Waals surface area contributed by atoms with E-state index in [9.17, 15) is 10.0 Å². The van der Waals surface area contributed by atoms with Crippen LogP contribution in [-0.4, -0.2) is 27.1 Å². The first-order valence-electron chi connectivity index (χ1n) is 8.92. The fraction of sp³-hybridized carbons (Fsp3) is 0. The van der Waals surface area contributed by atoms with Crippen LogP contribution in [0.25, 0.3) is 42.9 Å². The largest absolute Gasteiger partial charge is 0.488 e. The van der Waals surface area contributed by atoms with E-state index in [2.05, 4.69) is 12.1 Å². The van der Waals surface area contributed by atoms with Crippen LogP contribution in [-0.2, 0) is 0 Å². The van der Waals surface area contributed by atoms with Gasteiger partial charge in [-0.3, -0.25) is 0 Å². The number of aromatic nitrogens is 2. The van der Waals surface area contributed by atoms with Crippen molar-refractivity contribution in [3.8, 4) is 22.6 Å². The topological polar surface area (TPSA) is 66.2 Å². The highest BCUT2D eigenvalue weighted by Gasteiger charge is 2.17. The standard InChI is InChI=1S/C22H15BN2O2S/c26-23(27)16-10-6-9-15(13-16)22-24-19(14-7-2-1-3-8-14)21-20(25-22)17-11-4-5-12-18(17)28-21/h1-13,26-27H. The van der Waals surface area contributed by atoms with Crippen LogP contribution in [0.2, 0.25) is 0 Å². The maximum absolute atomic E-state index is 9.52. The maximum atomic E-state index is 9.52. The van der Waals surface area contributed by atoms with Crippen molar-refractivity contribution in [2.24, 2.45) is 0 Å². The highest BCUT2D eigenvalue weighted by Crippen LogP contribution is 2.39. The summed E-state index contributed by atoms with van der Waals surface area (Å²) in [5, 5.41) is 20.1. The fourth-order valence-corrected chi connectivity index (χ4v) is 4.50. The van der Waals surface area contributed by atoms with Crippen LogP contribution in [0.5, 0.6) is 0 Å². The lowest BCUT2D eigenvalue weighted by Gasteiger charge is -2.08. The Kier molecular flexibility index (Phi) is 4.17. The predicted octanol–water partition coefficient (Wildman–Crippen LogP) is 3.86. The van der Waals surface area contributed by atoms with Gasteiger partial charge in [-0.05, 0) is 11.5 Å². The Morgan fingerprint density at radius 3 is 2.32 bits per heavy atom. The molecular formula is C22H15BN2O2S. The molecule has 134 valence electrons. The van der Waals surface area contributed by atoms with Crippen molar-refractivity contribution >= 4 is 44.2 Å². The van der Waals surface area contributed by atoms with Crippen LogP contribution < -0.4 is 5.46 Å². The summed E-state index contributed by atoms with van der Waals surface area (Å²) in [4.78, 5) is 9.73. The number of hydrogen-bond acceptors (Lipinski definition) is 5. The Morgan fingerprint density at radius 2 is 1.50 bits per heavy atom. The van der Waals surface area contributed by atoms with Crippen LogP contribution in [0.4, 0.5) is 0 Å². The smallest absolute Gasteiger partial charge is 0.423 e. The Labute approximate surface area is 165 Å². The van der Waals surface area contributed by atoms with Crippen LogP contribution in [0.3, 0.4) is 0 Å². The van der Waals surface area contributed by atoms with Crippen LogP contribution in [0.1, 0.15) is 0 Å². The lowest BCUT2D eigenvalue weighted by atomic mass is 9.79. The zero-order valence-electron chi connectivity index (χ0n) is 14.8. The lowest BCUT2D eigenvalue weighted by molar-refractivity contribution is 0.426. The summed E-state index contributed by atoms with van der Waals surface area (Å²) in [5.74, 6) is 0.567. The van der Waals surface area contributed by atoms with Gasteiger partial charge in [0.15, 0.2) is 5.82 Å². The van der Waals surface area contributed by atoms with Crippen LogP contribution >= 0.6 is 11.3 Å². The number of rotatable bonds is 3. The monoisotopic (exact) mass is 382 g/mol. The van der Waals surface area contributed by atoms with E-state index in [4.69, 9.17) is 9.97 Å². The molecule has 2 aromatic heterocycles. The van der Waals surface area contributed by atoms with Crippen molar-refractivity contribution in [2.45, 2.75) is 0 Å². The number of thiophene rings is 1. The van der Waals surface area contributed by atoms with E-state index in [1.807, 2.05) is 48.5 Å². The minimum absolute atomic E-state index is 0.414. The second-order valence-corrected chi connectivity index (χ2v) is 7.59. The second-order valence-electron chi connectivity index (χ2n) is 6.54. The normalized spacial score (nSPS) is 11.2. The third kappa shape index (κ3) is 2.88. The molecular weight excluding hydrogens is 367 g/mol. The Balaban J connectivity index is 1.84. The fourth-order valence-electron chi connectivity index (χ4n) is 3.35. The maximum Gasteiger partial charge on any atom is 0.488 e. The molecule has 0 aliphatic carbocycles. The van der Waals surface area contributed by atoms with Gasteiger partial charge in [-0.25, -0.2) is 9.97 Å². The van der Waals surface area contributed by atoms with Crippen LogP contribution in [0, 0.1) is 0 Å². The van der Waals surface area contributed by atoms with E-state index in [0.717, 1.165) is 32.4 Å². The Bertz CT molecular complexity index is 1300. The van der Waals surface area contributed by atoms with Crippen LogP contribution in [0.15, 0.2) is 78.9 Å². The van der Waals surface area contributed by atoms with Gasteiger partial charge in [-0.1, -0.05) is 72.8 Å². The van der Waals surface area contributed by atoms with Gasteiger partial charge < -0.3 is 10.0 Å². The van der Waals surface area contributed by atoms with Gasteiger partial charge in [0.25, 0.3) is 0 Å². The highest BCUT2D eigenvalue weighted by atomic mass is 32.1. The Hall–Kier alpha value is -3.06. The first kappa shape index (κ1) is 17.1. The third-order valence-corrected chi connectivity index (χ3v) is 5.88. The lowest BCUT2D eigenvalue weighted by Crippen LogP contribution is -2.29. The zero-order valence-corrected chi connectivity index (χ0v) is 15.6. The minimum Gasteiger partial charge on any atom is -0.423 e. The average Bonchev–Trinajstić information content (AvgIpc) is 3.12. The summed E-state index contributed by atoms with van der Waals surface area (Å²) in [7, 11) is -1.53. The first-order valence-corrected chi connectivity index (χ1v) is 9.73.